The molecule has 2 saturated heterocycles. The van der Waals surface area contributed by atoms with E-state index in [4.69, 9.17) is 9.97 Å². The molecule has 2 atom stereocenters. The van der Waals surface area contributed by atoms with Gasteiger partial charge in [0, 0.05) is 83.7 Å². The van der Waals surface area contributed by atoms with E-state index in [0.717, 1.165) is 98.5 Å². The average Bonchev–Trinajstić information content (AvgIpc) is 3.62. The van der Waals surface area contributed by atoms with Crippen molar-refractivity contribution in [3.05, 3.63) is 81.8 Å². The van der Waals surface area contributed by atoms with Gasteiger partial charge in [-0.1, -0.05) is 0 Å². The minimum absolute atomic E-state index is 0.0268. The molecule has 274 valence electrons. The summed E-state index contributed by atoms with van der Waals surface area (Å²) < 4.78 is 4.21. The van der Waals surface area contributed by atoms with Crippen LogP contribution >= 0.6 is 11.3 Å². The fraction of sp³-hybridized carbons (Fsp3) is 0.366. The van der Waals surface area contributed by atoms with Crippen molar-refractivity contribution in [1.82, 2.24) is 29.7 Å². The SMILES string of the molecule is C[C@@H]1CNc2c(sc3ccc4nc(-c5ccc(C6CC7(CCN(c8ccc9c(c8)n(C)c(=O)n9C8CCC(=O)NC8=O)CC7)C6)nc5)ccc4c23)C(=O)N1. The number of hydrogen-bond acceptors (Lipinski definition) is 9. The van der Waals surface area contributed by atoms with Gasteiger partial charge in [0.05, 0.1) is 27.9 Å². The Labute approximate surface area is 314 Å². The molecule has 10 rings (SSSR count). The Morgan fingerprint density at radius 3 is 2.56 bits per heavy atom. The lowest BCUT2D eigenvalue weighted by Gasteiger charge is -2.52. The first kappa shape index (κ1) is 33.0. The fourth-order valence-electron chi connectivity index (χ4n) is 9.31. The number of amides is 3. The number of pyridine rings is 2. The van der Waals surface area contributed by atoms with Crippen LogP contribution in [0.1, 0.15) is 72.8 Å². The zero-order valence-electron chi connectivity index (χ0n) is 30.1. The summed E-state index contributed by atoms with van der Waals surface area (Å²) in [5, 5.41) is 11.0. The quantitative estimate of drug-likeness (QED) is 0.191. The Kier molecular flexibility index (Phi) is 7.49. The van der Waals surface area contributed by atoms with E-state index in [2.05, 4.69) is 63.3 Å². The fourth-order valence-corrected chi connectivity index (χ4v) is 10.4. The lowest BCUT2D eigenvalue weighted by Crippen LogP contribution is -2.46. The molecule has 12 nitrogen and oxygen atoms in total. The smallest absolute Gasteiger partial charge is 0.329 e. The third kappa shape index (κ3) is 5.23. The molecule has 4 aromatic heterocycles. The summed E-state index contributed by atoms with van der Waals surface area (Å²) in [7, 11) is 1.74. The van der Waals surface area contributed by atoms with E-state index in [1.165, 1.54) is 15.9 Å². The van der Waals surface area contributed by atoms with Crippen molar-refractivity contribution in [1.29, 1.82) is 0 Å². The summed E-state index contributed by atoms with van der Waals surface area (Å²) in [6, 6.07) is 18.0. The minimum Gasteiger partial charge on any atom is -0.381 e. The highest BCUT2D eigenvalue weighted by Gasteiger charge is 2.46. The number of aryl methyl sites for hydroxylation is 1. The number of fused-ring (bicyclic) bond motifs is 6. The number of aromatic nitrogens is 4. The number of anilines is 2. The summed E-state index contributed by atoms with van der Waals surface area (Å²) in [5.74, 6) is -0.292. The van der Waals surface area contributed by atoms with Gasteiger partial charge in [0.15, 0.2) is 0 Å². The van der Waals surface area contributed by atoms with E-state index < -0.39 is 11.9 Å². The molecule has 1 aliphatic carbocycles. The molecule has 4 aliphatic rings. The van der Waals surface area contributed by atoms with Gasteiger partial charge in [-0.2, -0.15) is 0 Å². The highest BCUT2D eigenvalue weighted by molar-refractivity contribution is 7.21. The molecule has 2 aromatic carbocycles. The topological polar surface area (TPSA) is 143 Å². The number of rotatable bonds is 4. The lowest BCUT2D eigenvalue weighted by molar-refractivity contribution is -0.135. The van der Waals surface area contributed by atoms with Crippen LogP contribution in [0.5, 0.6) is 0 Å². The molecule has 0 radical (unpaired) electrons. The van der Waals surface area contributed by atoms with Crippen LogP contribution in [0, 0.1) is 5.41 Å². The van der Waals surface area contributed by atoms with Crippen molar-refractivity contribution in [3.8, 4) is 11.3 Å². The normalized spacial score (nSPS) is 21.5. The standard InChI is InChI=1S/C41H40N8O4S/c1-22-20-43-36-35-26-5-7-28(45-29(26)8-11-33(35)54-37(36)39(52)44-22)23-3-6-27(42-21-23)24-18-41(19-24)13-15-48(16-14-41)25-4-9-30-32(17-25)47(2)40(53)49(30)31-10-12-34(50)46-38(31)51/h3-9,11,17,21-22,24,31,43H,10,12-16,18-20H2,1-2H3,(H,44,52)(H,46,50,51)/t22-,31?/m1/s1. The van der Waals surface area contributed by atoms with Crippen molar-refractivity contribution < 1.29 is 14.4 Å². The Balaban J connectivity index is 0.808. The highest BCUT2D eigenvalue weighted by Crippen LogP contribution is 2.56. The van der Waals surface area contributed by atoms with Crippen molar-refractivity contribution in [3.63, 3.8) is 0 Å². The molecular weight excluding hydrogens is 701 g/mol. The molecule has 3 fully saturated rings. The molecule has 1 spiro atoms. The second kappa shape index (κ2) is 12.2. The molecule has 3 N–H and O–H groups in total. The molecule has 7 heterocycles. The largest absolute Gasteiger partial charge is 0.381 e. The van der Waals surface area contributed by atoms with E-state index >= 15 is 0 Å². The molecule has 1 saturated carbocycles. The van der Waals surface area contributed by atoms with Crippen LogP contribution < -0.4 is 26.5 Å². The van der Waals surface area contributed by atoms with Crippen LogP contribution in [-0.2, 0) is 16.6 Å². The number of nitrogens with zero attached hydrogens (tertiary/aromatic N) is 5. The summed E-state index contributed by atoms with van der Waals surface area (Å²) in [5.41, 5.74) is 7.46. The first-order valence-corrected chi connectivity index (χ1v) is 19.6. The molecule has 6 aromatic rings. The number of imidazole rings is 1. The number of piperidine rings is 2. The molecule has 54 heavy (non-hydrogen) atoms. The van der Waals surface area contributed by atoms with E-state index in [-0.39, 0.29) is 30.0 Å². The second-order valence-corrected chi connectivity index (χ2v) is 16.7. The average molecular weight is 741 g/mol. The van der Waals surface area contributed by atoms with Crippen LogP contribution in [0.2, 0.25) is 0 Å². The number of carbonyl (C=O) groups excluding carboxylic acids is 3. The third-order valence-corrected chi connectivity index (χ3v) is 13.5. The number of carbonyl (C=O) groups is 3. The maximum Gasteiger partial charge on any atom is 0.329 e. The van der Waals surface area contributed by atoms with E-state index in [9.17, 15) is 19.2 Å². The van der Waals surface area contributed by atoms with Gasteiger partial charge in [0.1, 0.15) is 10.9 Å². The third-order valence-electron chi connectivity index (χ3n) is 12.3. The predicted octanol–water partition coefficient (Wildman–Crippen LogP) is 5.85. The summed E-state index contributed by atoms with van der Waals surface area (Å²) in [6.45, 7) is 4.58. The van der Waals surface area contributed by atoms with Gasteiger partial charge in [0.2, 0.25) is 11.8 Å². The number of nitrogens with one attached hydrogen (secondary N) is 3. The number of imide groups is 1. The number of thiophene rings is 1. The highest BCUT2D eigenvalue weighted by atomic mass is 32.1. The maximum absolute atomic E-state index is 13.2. The second-order valence-electron chi connectivity index (χ2n) is 15.7. The number of benzene rings is 2. The van der Waals surface area contributed by atoms with Gasteiger partial charge < -0.3 is 15.5 Å². The van der Waals surface area contributed by atoms with Gasteiger partial charge in [-0.05, 0) is 99.0 Å². The monoisotopic (exact) mass is 740 g/mol. The molecule has 13 heteroatoms. The van der Waals surface area contributed by atoms with Gasteiger partial charge >= 0.3 is 5.69 Å². The summed E-state index contributed by atoms with van der Waals surface area (Å²) in [4.78, 5) is 63.5. The summed E-state index contributed by atoms with van der Waals surface area (Å²) >= 11 is 1.52. The first-order chi connectivity index (χ1) is 26.1. The molecule has 3 aliphatic heterocycles. The predicted molar refractivity (Wildman–Crippen MR) is 210 cm³/mol. The Hall–Kier alpha value is -5.56. The zero-order chi connectivity index (χ0) is 36.9. The van der Waals surface area contributed by atoms with E-state index in [1.54, 1.807) is 11.6 Å². The first-order valence-electron chi connectivity index (χ1n) is 18.8. The van der Waals surface area contributed by atoms with E-state index in [0.29, 0.717) is 29.8 Å². The zero-order valence-corrected chi connectivity index (χ0v) is 31.0. The molecule has 1 unspecified atom stereocenters. The summed E-state index contributed by atoms with van der Waals surface area (Å²) in [6.07, 6.45) is 6.99. The molecule has 3 amide bonds. The molecular formula is C41H40N8O4S. The van der Waals surface area contributed by atoms with Gasteiger partial charge in [0.25, 0.3) is 5.91 Å². The van der Waals surface area contributed by atoms with Gasteiger partial charge in [-0.25, -0.2) is 9.78 Å². The van der Waals surface area contributed by atoms with Crippen molar-refractivity contribution in [2.45, 2.75) is 63.5 Å². The van der Waals surface area contributed by atoms with Crippen LogP contribution in [0.15, 0.2) is 65.6 Å². The molecule has 0 bridgehead atoms. The van der Waals surface area contributed by atoms with Crippen molar-refractivity contribution in [2.24, 2.45) is 12.5 Å². The van der Waals surface area contributed by atoms with Gasteiger partial charge in [-0.3, -0.25) is 33.8 Å². The Morgan fingerprint density at radius 2 is 1.78 bits per heavy atom. The van der Waals surface area contributed by atoms with Crippen molar-refractivity contribution in [2.75, 3.05) is 29.9 Å². The van der Waals surface area contributed by atoms with Crippen LogP contribution in [0.25, 0.3) is 43.3 Å². The van der Waals surface area contributed by atoms with Crippen LogP contribution in [0.4, 0.5) is 11.4 Å². The Morgan fingerprint density at radius 1 is 0.944 bits per heavy atom. The maximum atomic E-state index is 13.2. The van der Waals surface area contributed by atoms with E-state index in [1.807, 2.05) is 25.3 Å². The van der Waals surface area contributed by atoms with Gasteiger partial charge in [-0.15, -0.1) is 11.3 Å². The van der Waals surface area contributed by atoms with Crippen LogP contribution in [-0.4, -0.2) is 62.5 Å². The van der Waals surface area contributed by atoms with Crippen LogP contribution in [0.3, 0.4) is 0 Å². The van der Waals surface area contributed by atoms with Crippen molar-refractivity contribution >= 4 is 72.5 Å². The lowest BCUT2D eigenvalue weighted by atomic mass is 9.56. The minimum atomic E-state index is -0.685. The Bertz CT molecular complexity index is 2610. The number of hydrogen-bond donors (Lipinski definition) is 3.